The molecule has 56 heavy (non-hydrogen) atoms. The number of aryl methyl sites for hydroxylation is 3. The molecule has 3 amide bonds. The fraction of sp³-hybridized carbons (Fsp3) is 0.462. The lowest BCUT2D eigenvalue weighted by atomic mass is 10.1. The molecule has 3 N–H and O–H groups in total. The second kappa shape index (κ2) is 21.3. The van der Waals surface area contributed by atoms with E-state index in [4.69, 9.17) is 5.73 Å². The van der Waals surface area contributed by atoms with Crippen LogP contribution < -0.4 is 20.9 Å². The van der Waals surface area contributed by atoms with Gasteiger partial charge in [0.2, 0.25) is 17.7 Å². The number of nitrogens with two attached hydrogens (primary N) is 1. The zero-order valence-corrected chi connectivity index (χ0v) is 33.1. The maximum Gasteiger partial charge on any atom is 0.272 e. The van der Waals surface area contributed by atoms with Crippen molar-refractivity contribution >= 4 is 46.2 Å². The number of hydrogen-bond donors (Lipinski definition) is 2. The topological polar surface area (TPSA) is 192 Å². The number of benzene rings is 3. The average molecular weight is 780 g/mol. The van der Waals surface area contributed by atoms with Crippen LogP contribution in [0.3, 0.4) is 0 Å². The highest BCUT2D eigenvalue weighted by molar-refractivity contribution is 5.74. The fourth-order valence-electron chi connectivity index (χ4n) is 6.26. The number of hydrogen-bond acceptors (Lipinski definition) is 11. The summed E-state index contributed by atoms with van der Waals surface area (Å²) in [6, 6.07) is 14.6. The van der Waals surface area contributed by atoms with Crippen molar-refractivity contribution in [3.63, 3.8) is 0 Å². The Balaban J connectivity index is 0.000000209. The minimum atomic E-state index is -0.533. The van der Waals surface area contributed by atoms with E-state index >= 15 is 0 Å². The number of amides is 3. The number of nitro groups is 2. The number of piperazine rings is 3. The normalized spacial score (nSPS) is 15.2. The van der Waals surface area contributed by atoms with Crippen LogP contribution in [0.15, 0.2) is 54.6 Å². The van der Waals surface area contributed by atoms with E-state index in [1.807, 2.05) is 39.8 Å². The second-order valence-corrected chi connectivity index (χ2v) is 13.7. The zero-order valence-electron chi connectivity index (χ0n) is 33.1. The van der Waals surface area contributed by atoms with Gasteiger partial charge in [0, 0.05) is 140 Å². The van der Waals surface area contributed by atoms with E-state index in [2.05, 4.69) is 21.2 Å². The van der Waals surface area contributed by atoms with Crippen LogP contribution in [0.4, 0.5) is 32.8 Å². The first-order valence-electron chi connectivity index (χ1n) is 18.5. The van der Waals surface area contributed by atoms with E-state index in [0.29, 0.717) is 24.2 Å². The molecule has 0 aliphatic carbocycles. The first kappa shape index (κ1) is 44.6. The maximum atomic E-state index is 12.4. The predicted octanol–water partition coefficient (Wildman–Crippen LogP) is 4.30. The molecule has 3 fully saturated rings. The monoisotopic (exact) mass is 779 g/mol. The first-order chi connectivity index (χ1) is 26.5. The van der Waals surface area contributed by atoms with E-state index in [1.54, 1.807) is 39.8 Å². The van der Waals surface area contributed by atoms with Gasteiger partial charge in [-0.05, 0) is 68.8 Å². The van der Waals surface area contributed by atoms with Crippen LogP contribution in [-0.2, 0) is 14.4 Å². The summed E-state index contributed by atoms with van der Waals surface area (Å²) in [5, 5.41) is 24.2. The van der Waals surface area contributed by atoms with Gasteiger partial charge in [-0.3, -0.25) is 34.6 Å². The molecule has 304 valence electrons. The first-order valence-corrected chi connectivity index (χ1v) is 18.5. The summed E-state index contributed by atoms with van der Waals surface area (Å²) in [5.74, 6) is 0.00210. The van der Waals surface area contributed by atoms with E-state index in [-0.39, 0.29) is 34.0 Å². The Bertz CT molecular complexity index is 1840. The summed E-state index contributed by atoms with van der Waals surface area (Å²) < 4.78 is 12.4. The standard InChI is InChI=1S/C13H17N3O3.C13H19N3O.C7H6FNO2.C6H12N2O/c1-10-9-12(3-4-13(10)16(18)19)15-7-5-14(6-8-15)11(2)17;1-10-9-12(3-4-13(10)14)16-7-5-15(6-8-16)11(2)17;1-5-4-6(8)2-3-7(5)9(10)11;1-6(9)8-4-2-7-3-5-8/h3-4,9H,5-8H2,1-2H3;3-4,9H,5-8,14H2,1-2H3;2-4H,1H3;7H,2-5H2,1H3. The minimum Gasteiger partial charge on any atom is -0.399 e. The van der Waals surface area contributed by atoms with Crippen LogP contribution >= 0.6 is 0 Å². The highest BCUT2D eigenvalue weighted by Crippen LogP contribution is 2.25. The third-order valence-corrected chi connectivity index (χ3v) is 9.73. The smallest absolute Gasteiger partial charge is 0.272 e. The molecule has 3 aliphatic rings. The van der Waals surface area contributed by atoms with Crippen LogP contribution in [-0.4, -0.2) is 121 Å². The molecule has 0 atom stereocenters. The lowest BCUT2D eigenvalue weighted by Crippen LogP contribution is -2.48. The highest BCUT2D eigenvalue weighted by Gasteiger charge is 2.21. The molecule has 0 unspecified atom stereocenters. The highest BCUT2D eigenvalue weighted by atomic mass is 19.1. The quantitative estimate of drug-likeness (QED) is 0.218. The van der Waals surface area contributed by atoms with Crippen LogP contribution in [0.5, 0.6) is 0 Å². The molecule has 3 heterocycles. The van der Waals surface area contributed by atoms with Crippen molar-refractivity contribution in [3.05, 3.63) is 97.3 Å². The van der Waals surface area contributed by atoms with Gasteiger partial charge in [-0.25, -0.2) is 4.39 Å². The molecule has 3 aromatic rings. The SMILES string of the molecule is CC(=O)N1CCN(c2ccc(N)c(C)c2)CC1.CC(=O)N1CCN(c2ccc([N+](=O)[O-])c(C)c2)CC1.CC(=O)N1CCNCC1.Cc1cc(F)ccc1[N+](=O)[O-]. The summed E-state index contributed by atoms with van der Waals surface area (Å²) in [5.41, 5.74) is 11.0. The van der Waals surface area contributed by atoms with E-state index in [0.717, 1.165) is 101 Å². The lowest BCUT2D eigenvalue weighted by molar-refractivity contribution is -0.385. The van der Waals surface area contributed by atoms with Crippen LogP contribution in [0.2, 0.25) is 0 Å². The molecule has 0 saturated carbocycles. The Hall–Kier alpha value is -5.84. The molecule has 0 spiro atoms. The molecular weight excluding hydrogens is 725 g/mol. The number of anilines is 3. The summed E-state index contributed by atoms with van der Waals surface area (Å²) >= 11 is 0. The summed E-state index contributed by atoms with van der Waals surface area (Å²) in [6.07, 6.45) is 0. The van der Waals surface area contributed by atoms with Crippen molar-refractivity contribution in [1.82, 2.24) is 20.0 Å². The lowest BCUT2D eigenvalue weighted by Gasteiger charge is -2.35. The van der Waals surface area contributed by atoms with E-state index < -0.39 is 10.7 Å². The number of carbonyl (C=O) groups is 3. The van der Waals surface area contributed by atoms with Gasteiger partial charge in [-0.15, -0.1) is 0 Å². The van der Waals surface area contributed by atoms with Crippen molar-refractivity contribution in [3.8, 4) is 0 Å². The Morgan fingerprint density at radius 3 is 1.32 bits per heavy atom. The van der Waals surface area contributed by atoms with Gasteiger partial charge < -0.3 is 35.6 Å². The molecular formula is C39H54FN9O7. The van der Waals surface area contributed by atoms with Crippen LogP contribution in [0, 0.1) is 46.8 Å². The van der Waals surface area contributed by atoms with Gasteiger partial charge in [0.25, 0.3) is 11.4 Å². The van der Waals surface area contributed by atoms with E-state index in [9.17, 15) is 39.0 Å². The van der Waals surface area contributed by atoms with Gasteiger partial charge in [0.05, 0.1) is 9.85 Å². The van der Waals surface area contributed by atoms with Gasteiger partial charge in [-0.1, -0.05) is 0 Å². The van der Waals surface area contributed by atoms with Gasteiger partial charge in [0.1, 0.15) is 5.82 Å². The molecule has 0 bridgehead atoms. The number of halogens is 1. The molecule has 6 rings (SSSR count). The summed E-state index contributed by atoms with van der Waals surface area (Å²) in [7, 11) is 0. The average Bonchev–Trinajstić information content (AvgIpc) is 3.17. The molecule has 0 radical (unpaired) electrons. The molecule has 3 saturated heterocycles. The summed E-state index contributed by atoms with van der Waals surface area (Å²) in [4.78, 5) is 63.3. The molecule has 0 aromatic heterocycles. The minimum absolute atomic E-state index is 0.0496. The zero-order chi connectivity index (χ0) is 41.5. The summed E-state index contributed by atoms with van der Waals surface area (Å²) in [6.45, 7) is 20.0. The Kier molecular flexibility index (Phi) is 16.9. The number of nitrogens with zero attached hydrogens (tertiary/aromatic N) is 7. The number of nitrogens with one attached hydrogen (secondary N) is 1. The van der Waals surface area contributed by atoms with E-state index in [1.165, 1.54) is 12.6 Å². The van der Waals surface area contributed by atoms with Crippen molar-refractivity contribution in [2.45, 2.75) is 41.5 Å². The van der Waals surface area contributed by atoms with Crippen molar-refractivity contribution in [2.24, 2.45) is 0 Å². The van der Waals surface area contributed by atoms with Crippen molar-refractivity contribution < 1.29 is 28.6 Å². The Morgan fingerprint density at radius 1 is 0.589 bits per heavy atom. The Morgan fingerprint density at radius 2 is 0.964 bits per heavy atom. The molecule has 16 nitrogen and oxygen atoms in total. The second-order valence-electron chi connectivity index (χ2n) is 13.7. The van der Waals surface area contributed by atoms with Gasteiger partial charge >= 0.3 is 0 Å². The van der Waals surface area contributed by atoms with Gasteiger partial charge in [-0.2, -0.15) is 0 Å². The predicted molar refractivity (Wildman–Crippen MR) is 215 cm³/mol. The fourth-order valence-corrected chi connectivity index (χ4v) is 6.26. The van der Waals surface area contributed by atoms with Crippen molar-refractivity contribution in [2.75, 3.05) is 94.1 Å². The number of carbonyl (C=O) groups excluding carboxylic acids is 3. The number of rotatable bonds is 4. The third kappa shape index (κ3) is 13.5. The Labute approximate surface area is 327 Å². The molecule has 3 aliphatic heterocycles. The number of nitrogen functional groups attached to an aromatic ring is 1. The third-order valence-electron chi connectivity index (χ3n) is 9.73. The maximum absolute atomic E-state index is 12.4. The van der Waals surface area contributed by atoms with Gasteiger partial charge in [0.15, 0.2) is 0 Å². The van der Waals surface area contributed by atoms with Crippen molar-refractivity contribution in [1.29, 1.82) is 0 Å². The number of nitro benzene ring substituents is 2. The molecule has 17 heteroatoms. The van der Waals surface area contributed by atoms with Crippen LogP contribution in [0.1, 0.15) is 37.5 Å². The molecule has 3 aromatic carbocycles. The largest absolute Gasteiger partial charge is 0.399 e. The van der Waals surface area contributed by atoms with Crippen LogP contribution in [0.25, 0.3) is 0 Å².